The smallest absolute Gasteiger partial charge is 0.191 e. The average Bonchev–Trinajstić information content (AvgIpc) is 3.39. The molecule has 2 heterocycles. The zero-order valence-corrected chi connectivity index (χ0v) is 17.5. The summed E-state index contributed by atoms with van der Waals surface area (Å²) in [5, 5.41) is 7.97. The third kappa shape index (κ3) is 5.10. The molecule has 5 nitrogen and oxygen atoms in total. The van der Waals surface area contributed by atoms with Crippen LogP contribution in [0.1, 0.15) is 51.0 Å². The normalized spacial score (nSPS) is 19.9. The molecule has 0 bridgehead atoms. The fourth-order valence-electron chi connectivity index (χ4n) is 4.84. The van der Waals surface area contributed by atoms with Crippen LogP contribution < -0.4 is 10.6 Å². The second-order valence-electron chi connectivity index (χ2n) is 8.41. The number of aromatic amines is 1. The van der Waals surface area contributed by atoms with Crippen molar-refractivity contribution in [2.24, 2.45) is 4.99 Å². The third-order valence-corrected chi connectivity index (χ3v) is 6.44. The first kappa shape index (κ1) is 20.2. The van der Waals surface area contributed by atoms with Crippen LogP contribution >= 0.6 is 0 Å². The minimum atomic E-state index is -0.194. The minimum absolute atomic E-state index is 0.194. The first-order valence-electron chi connectivity index (χ1n) is 11.3. The van der Waals surface area contributed by atoms with Crippen LogP contribution in [0.3, 0.4) is 0 Å². The molecule has 1 aromatic heterocycles. The Morgan fingerprint density at radius 1 is 1.21 bits per heavy atom. The number of halogens is 1. The molecule has 29 heavy (non-hydrogen) atoms. The number of aromatic nitrogens is 1. The number of hydrogen-bond donors (Lipinski definition) is 3. The summed E-state index contributed by atoms with van der Waals surface area (Å²) in [7, 11) is 0. The molecule has 0 unspecified atom stereocenters. The molecule has 1 aliphatic heterocycles. The molecule has 1 aliphatic carbocycles. The zero-order chi connectivity index (χ0) is 20.1. The summed E-state index contributed by atoms with van der Waals surface area (Å²) in [6.07, 6.45) is 10.7. The van der Waals surface area contributed by atoms with Crippen LogP contribution in [-0.4, -0.2) is 54.1 Å². The lowest BCUT2D eigenvalue weighted by atomic mass is 10.0. The highest BCUT2D eigenvalue weighted by molar-refractivity contribution is 5.83. The van der Waals surface area contributed by atoms with Crippen LogP contribution in [0.4, 0.5) is 4.39 Å². The van der Waals surface area contributed by atoms with Gasteiger partial charge in [0.1, 0.15) is 5.82 Å². The lowest BCUT2D eigenvalue weighted by Gasteiger charge is -2.36. The van der Waals surface area contributed by atoms with Crippen molar-refractivity contribution < 1.29 is 4.39 Å². The average molecular weight is 400 g/mol. The number of nitrogens with zero attached hydrogens (tertiary/aromatic N) is 2. The third-order valence-electron chi connectivity index (χ3n) is 6.44. The van der Waals surface area contributed by atoms with E-state index in [4.69, 9.17) is 4.99 Å². The van der Waals surface area contributed by atoms with E-state index in [2.05, 4.69) is 27.4 Å². The molecule has 0 atom stereocenters. The van der Waals surface area contributed by atoms with Gasteiger partial charge in [-0.1, -0.05) is 12.8 Å². The summed E-state index contributed by atoms with van der Waals surface area (Å²) in [4.78, 5) is 10.7. The summed E-state index contributed by atoms with van der Waals surface area (Å²) in [5.41, 5.74) is 2.09. The van der Waals surface area contributed by atoms with Crippen molar-refractivity contribution in [2.45, 2.75) is 64.0 Å². The standard InChI is InChI=1S/C23H34FN5/c1-2-25-23(28-19-10-13-29(14-11-19)20-5-3-4-6-20)26-12-9-17-16-27-22-8-7-18(24)15-21(17)22/h7-8,15-16,19-20,27H,2-6,9-14H2,1H3,(H2,25,26,28). The first-order chi connectivity index (χ1) is 14.2. The van der Waals surface area contributed by atoms with Crippen LogP contribution in [-0.2, 0) is 6.42 Å². The van der Waals surface area contributed by atoms with Crippen molar-refractivity contribution >= 4 is 16.9 Å². The topological polar surface area (TPSA) is 55.5 Å². The van der Waals surface area contributed by atoms with Crippen molar-refractivity contribution in [1.29, 1.82) is 0 Å². The number of benzene rings is 1. The Hall–Kier alpha value is -2.08. The van der Waals surface area contributed by atoms with Crippen LogP contribution in [0.25, 0.3) is 10.9 Å². The Bertz CT molecular complexity index is 816. The van der Waals surface area contributed by atoms with Gasteiger partial charge in [-0.2, -0.15) is 0 Å². The van der Waals surface area contributed by atoms with E-state index in [-0.39, 0.29) is 5.82 Å². The number of fused-ring (bicyclic) bond motifs is 1. The Kier molecular flexibility index (Phi) is 6.70. The molecule has 0 spiro atoms. The number of guanidine groups is 1. The van der Waals surface area contributed by atoms with E-state index in [9.17, 15) is 4.39 Å². The van der Waals surface area contributed by atoms with Crippen LogP contribution in [0.5, 0.6) is 0 Å². The minimum Gasteiger partial charge on any atom is -0.361 e. The predicted octanol–water partition coefficient (Wildman–Crippen LogP) is 3.81. The molecule has 158 valence electrons. The van der Waals surface area contributed by atoms with Crippen LogP contribution in [0.2, 0.25) is 0 Å². The second-order valence-corrected chi connectivity index (χ2v) is 8.41. The predicted molar refractivity (Wildman–Crippen MR) is 118 cm³/mol. The maximum Gasteiger partial charge on any atom is 0.191 e. The van der Waals surface area contributed by atoms with Gasteiger partial charge in [-0.05, 0) is 62.8 Å². The van der Waals surface area contributed by atoms with E-state index in [1.165, 1.54) is 57.7 Å². The van der Waals surface area contributed by atoms with Gasteiger partial charge in [0, 0.05) is 55.4 Å². The fraction of sp³-hybridized carbons (Fsp3) is 0.609. The molecule has 0 amide bonds. The number of H-pyrrole nitrogens is 1. The van der Waals surface area contributed by atoms with Crippen molar-refractivity contribution in [1.82, 2.24) is 20.5 Å². The summed E-state index contributed by atoms with van der Waals surface area (Å²) in [6, 6.07) is 6.21. The Morgan fingerprint density at radius 3 is 2.76 bits per heavy atom. The van der Waals surface area contributed by atoms with Gasteiger partial charge in [0.15, 0.2) is 5.96 Å². The number of aliphatic imine (C=N–C) groups is 1. The quantitative estimate of drug-likeness (QED) is 0.511. The highest BCUT2D eigenvalue weighted by atomic mass is 19.1. The monoisotopic (exact) mass is 399 g/mol. The summed E-state index contributed by atoms with van der Waals surface area (Å²) in [5.74, 6) is 0.707. The van der Waals surface area contributed by atoms with Crippen LogP contribution in [0.15, 0.2) is 29.4 Å². The zero-order valence-electron chi connectivity index (χ0n) is 17.5. The van der Waals surface area contributed by atoms with Crippen molar-refractivity contribution in [2.75, 3.05) is 26.2 Å². The van der Waals surface area contributed by atoms with Gasteiger partial charge in [-0.15, -0.1) is 0 Å². The molecule has 2 aliphatic rings. The van der Waals surface area contributed by atoms with Gasteiger partial charge < -0.3 is 20.5 Å². The molecule has 4 rings (SSSR count). The molecular formula is C23H34FN5. The Balaban J connectivity index is 1.30. The lowest BCUT2D eigenvalue weighted by Crippen LogP contribution is -2.50. The van der Waals surface area contributed by atoms with Gasteiger partial charge >= 0.3 is 0 Å². The van der Waals surface area contributed by atoms with E-state index < -0.39 is 0 Å². The van der Waals surface area contributed by atoms with Gasteiger partial charge in [-0.3, -0.25) is 4.99 Å². The molecule has 6 heteroatoms. The van der Waals surface area contributed by atoms with E-state index in [1.807, 2.05) is 6.20 Å². The Labute approximate surface area is 173 Å². The largest absolute Gasteiger partial charge is 0.361 e. The molecule has 1 saturated carbocycles. The lowest BCUT2D eigenvalue weighted by molar-refractivity contribution is 0.150. The highest BCUT2D eigenvalue weighted by Gasteiger charge is 2.27. The number of hydrogen-bond acceptors (Lipinski definition) is 2. The van der Waals surface area contributed by atoms with E-state index in [1.54, 1.807) is 12.1 Å². The SMILES string of the molecule is CCNC(=NCCc1c[nH]c2ccc(F)cc12)NC1CCN(C2CCCC2)CC1. The number of piperidine rings is 1. The number of nitrogens with one attached hydrogen (secondary N) is 3. The summed E-state index contributed by atoms with van der Waals surface area (Å²) < 4.78 is 13.6. The number of likely N-dealkylation sites (tertiary alicyclic amines) is 1. The van der Waals surface area contributed by atoms with Gasteiger partial charge in [0.25, 0.3) is 0 Å². The fourth-order valence-corrected chi connectivity index (χ4v) is 4.84. The first-order valence-corrected chi connectivity index (χ1v) is 11.3. The molecular weight excluding hydrogens is 365 g/mol. The van der Waals surface area contributed by atoms with Gasteiger partial charge in [0.2, 0.25) is 0 Å². The number of rotatable bonds is 6. The maximum absolute atomic E-state index is 13.6. The summed E-state index contributed by atoms with van der Waals surface area (Å²) >= 11 is 0. The molecule has 0 radical (unpaired) electrons. The molecule has 1 aromatic carbocycles. The van der Waals surface area contributed by atoms with E-state index >= 15 is 0 Å². The van der Waals surface area contributed by atoms with E-state index in [0.717, 1.165) is 41.4 Å². The van der Waals surface area contributed by atoms with Crippen LogP contribution in [0, 0.1) is 5.82 Å². The molecule has 2 fully saturated rings. The van der Waals surface area contributed by atoms with E-state index in [0.29, 0.717) is 12.6 Å². The van der Waals surface area contributed by atoms with Gasteiger partial charge in [0.05, 0.1) is 0 Å². The van der Waals surface area contributed by atoms with Crippen molar-refractivity contribution in [3.05, 3.63) is 35.8 Å². The maximum atomic E-state index is 13.6. The molecule has 1 saturated heterocycles. The second kappa shape index (κ2) is 9.61. The van der Waals surface area contributed by atoms with Crippen molar-refractivity contribution in [3.63, 3.8) is 0 Å². The molecule has 3 N–H and O–H groups in total. The molecule has 2 aromatic rings. The highest BCUT2D eigenvalue weighted by Crippen LogP contribution is 2.26. The summed E-state index contributed by atoms with van der Waals surface area (Å²) in [6.45, 7) is 6.03. The van der Waals surface area contributed by atoms with Crippen molar-refractivity contribution in [3.8, 4) is 0 Å². The Morgan fingerprint density at radius 2 is 2.00 bits per heavy atom. The van der Waals surface area contributed by atoms with Gasteiger partial charge in [-0.25, -0.2) is 4.39 Å².